The largest absolute Gasteiger partial charge is 0.481 e. The Morgan fingerprint density at radius 3 is 2.06 bits per heavy atom. The molecule has 0 aliphatic carbocycles. The van der Waals surface area contributed by atoms with Gasteiger partial charge in [-0.25, -0.2) is 0 Å². The normalized spacial score (nSPS) is 13.9. The van der Waals surface area contributed by atoms with Crippen LogP contribution >= 0.6 is 0 Å². The summed E-state index contributed by atoms with van der Waals surface area (Å²) in [6, 6.07) is -1.64. The lowest BCUT2D eigenvalue weighted by Gasteiger charge is -2.25. The molecule has 0 fully saturated rings. The molecule has 0 aliphatic rings. The molecule has 0 aromatic carbocycles. The smallest absolute Gasteiger partial charge is 0.454 e. The van der Waals surface area contributed by atoms with Crippen LogP contribution in [0.4, 0.5) is 13.2 Å². The maximum atomic E-state index is 12.1. The summed E-state index contributed by atoms with van der Waals surface area (Å²) in [6.45, 7) is 1.49. The summed E-state index contributed by atoms with van der Waals surface area (Å²) in [4.78, 5) is 32.3. The van der Waals surface area contributed by atoms with E-state index in [4.69, 9.17) is 10.8 Å². The standard InChI is InChI=1S/C9H12F3NO5/c1-8(2,7(17)9(10,11)12)18-6(16)4(13)3-5(14)15/h4H,3,13H2,1-2H3,(H,14,15). The van der Waals surface area contributed by atoms with Gasteiger partial charge in [-0.15, -0.1) is 0 Å². The molecule has 0 saturated carbocycles. The van der Waals surface area contributed by atoms with Crippen molar-refractivity contribution in [2.75, 3.05) is 0 Å². The van der Waals surface area contributed by atoms with Crippen molar-refractivity contribution in [2.24, 2.45) is 5.73 Å². The van der Waals surface area contributed by atoms with Crippen molar-refractivity contribution in [1.82, 2.24) is 0 Å². The molecule has 0 heterocycles. The number of ether oxygens (including phenoxy) is 1. The number of carbonyl (C=O) groups is 3. The molecule has 18 heavy (non-hydrogen) atoms. The summed E-state index contributed by atoms with van der Waals surface area (Å²) in [6.07, 6.45) is -5.98. The van der Waals surface area contributed by atoms with Gasteiger partial charge in [0.1, 0.15) is 6.04 Å². The Kier molecular flexibility index (Phi) is 4.85. The molecule has 0 spiro atoms. The highest BCUT2D eigenvalue weighted by atomic mass is 19.4. The highest BCUT2D eigenvalue weighted by Crippen LogP contribution is 2.26. The van der Waals surface area contributed by atoms with Crippen molar-refractivity contribution in [2.45, 2.75) is 38.1 Å². The van der Waals surface area contributed by atoms with E-state index in [1.54, 1.807) is 0 Å². The van der Waals surface area contributed by atoms with Gasteiger partial charge in [0, 0.05) is 0 Å². The monoisotopic (exact) mass is 271 g/mol. The minimum Gasteiger partial charge on any atom is -0.481 e. The van der Waals surface area contributed by atoms with Gasteiger partial charge in [-0.1, -0.05) is 0 Å². The maximum absolute atomic E-state index is 12.1. The lowest BCUT2D eigenvalue weighted by Crippen LogP contribution is -2.48. The number of Topliss-reactive ketones (excluding diaryl/α,β-unsaturated/α-hetero) is 1. The Morgan fingerprint density at radius 2 is 1.72 bits per heavy atom. The first-order valence-corrected chi connectivity index (χ1v) is 4.69. The molecule has 0 aromatic heterocycles. The summed E-state index contributed by atoms with van der Waals surface area (Å²) >= 11 is 0. The number of carboxylic acids is 1. The molecule has 9 heteroatoms. The van der Waals surface area contributed by atoms with Crippen LogP contribution in [0.1, 0.15) is 20.3 Å². The average Bonchev–Trinajstić information content (AvgIpc) is 2.13. The number of rotatable bonds is 5. The van der Waals surface area contributed by atoms with Crippen LogP contribution < -0.4 is 5.73 Å². The van der Waals surface area contributed by atoms with Gasteiger partial charge in [-0.05, 0) is 13.8 Å². The fourth-order valence-electron chi connectivity index (χ4n) is 0.986. The number of carboxylic acid groups (broad SMARTS) is 1. The molecule has 0 radical (unpaired) electrons. The van der Waals surface area contributed by atoms with Gasteiger partial charge in [0.25, 0.3) is 5.78 Å². The Morgan fingerprint density at radius 1 is 1.28 bits per heavy atom. The maximum Gasteiger partial charge on any atom is 0.454 e. The van der Waals surface area contributed by atoms with E-state index in [0.717, 1.165) is 13.8 Å². The number of hydrogen-bond donors (Lipinski definition) is 2. The second-order valence-corrected chi connectivity index (χ2v) is 3.96. The molecule has 0 bridgehead atoms. The van der Waals surface area contributed by atoms with Crippen molar-refractivity contribution in [3.05, 3.63) is 0 Å². The van der Waals surface area contributed by atoms with Gasteiger partial charge in [0.05, 0.1) is 6.42 Å². The van der Waals surface area contributed by atoms with Gasteiger partial charge in [0.2, 0.25) is 0 Å². The van der Waals surface area contributed by atoms with Gasteiger partial charge >= 0.3 is 18.1 Å². The number of esters is 1. The first-order valence-electron chi connectivity index (χ1n) is 4.69. The van der Waals surface area contributed by atoms with E-state index in [1.807, 2.05) is 0 Å². The topological polar surface area (TPSA) is 107 Å². The second kappa shape index (κ2) is 5.34. The molecular weight excluding hydrogens is 259 g/mol. The van der Waals surface area contributed by atoms with Crippen LogP contribution in [-0.4, -0.2) is 40.6 Å². The van der Waals surface area contributed by atoms with Crippen LogP contribution in [0.15, 0.2) is 0 Å². The zero-order chi connectivity index (χ0) is 14.7. The van der Waals surface area contributed by atoms with E-state index in [2.05, 4.69) is 4.74 Å². The molecule has 104 valence electrons. The summed E-state index contributed by atoms with van der Waals surface area (Å²) < 4.78 is 40.7. The molecule has 0 aliphatic heterocycles. The number of hydrogen-bond acceptors (Lipinski definition) is 5. The van der Waals surface area contributed by atoms with Crippen LogP contribution in [0.25, 0.3) is 0 Å². The lowest BCUT2D eigenvalue weighted by molar-refractivity contribution is -0.195. The Labute approximate surface area is 99.9 Å². The van der Waals surface area contributed by atoms with E-state index in [1.165, 1.54) is 0 Å². The summed E-state index contributed by atoms with van der Waals surface area (Å²) in [5.41, 5.74) is 2.63. The van der Waals surface area contributed by atoms with E-state index in [0.29, 0.717) is 0 Å². The predicted octanol–water partition coefficient (Wildman–Crippen LogP) is 0.242. The molecule has 1 atom stereocenters. The molecule has 0 rings (SSSR count). The number of halogens is 3. The third-order valence-corrected chi connectivity index (χ3v) is 1.86. The quantitative estimate of drug-likeness (QED) is 0.694. The summed E-state index contributed by atoms with van der Waals surface area (Å²) in [5.74, 6) is -5.06. The van der Waals surface area contributed by atoms with Crippen molar-refractivity contribution in [1.29, 1.82) is 0 Å². The second-order valence-electron chi connectivity index (χ2n) is 3.96. The van der Waals surface area contributed by atoms with Crippen LogP contribution in [0.5, 0.6) is 0 Å². The van der Waals surface area contributed by atoms with Crippen molar-refractivity contribution < 1.29 is 37.4 Å². The molecule has 0 aromatic rings. The third kappa shape index (κ3) is 4.70. The van der Waals surface area contributed by atoms with Crippen molar-refractivity contribution in [3.63, 3.8) is 0 Å². The Bertz CT molecular complexity index is 364. The molecular formula is C9H12F3NO5. The highest BCUT2D eigenvalue weighted by molar-refractivity contribution is 5.94. The Hall–Kier alpha value is -1.64. The first-order chi connectivity index (χ1) is 7.88. The predicted molar refractivity (Wildman–Crippen MR) is 51.5 cm³/mol. The minimum atomic E-state index is -5.17. The van der Waals surface area contributed by atoms with E-state index >= 15 is 0 Å². The van der Waals surface area contributed by atoms with Crippen molar-refractivity contribution in [3.8, 4) is 0 Å². The SMILES string of the molecule is CC(C)(OC(=O)C(N)CC(=O)O)C(=O)C(F)(F)F. The van der Waals surface area contributed by atoms with Crippen LogP contribution in [0.2, 0.25) is 0 Å². The van der Waals surface area contributed by atoms with Gasteiger partial charge in [0.15, 0.2) is 5.60 Å². The zero-order valence-electron chi connectivity index (χ0n) is 9.58. The minimum absolute atomic E-state index is 0.744. The van der Waals surface area contributed by atoms with E-state index in [-0.39, 0.29) is 0 Å². The molecule has 6 nitrogen and oxygen atoms in total. The summed E-state index contributed by atoms with van der Waals surface area (Å²) in [7, 11) is 0. The van der Waals surface area contributed by atoms with Gasteiger partial charge < -0.3 is 15.6 Å². The van der Waals surface area contributed by atoms with Gasteiger partial charge in [-0.2, -0.15) is 13.2 Å². The Balaban J connectivity index is 4.73. The highest BCUT2D eigenvalue weighted by Gasteiger charge is 2.50. The van der Waals surface area contributed by atoms with Crippen molar-refractivity contribution >= 4 is 17.7 Å². The lowest BCUT2D eigenvalue weighted by atomic mass is 10.0. The van der Waals surface area contributed by atoms with Crippen LogP contribution in [0, 0.1) is 0 Å². The zero-order valence-corrected chi connectivity index (χ0v) is 9.58. The van der Waals surface area contributed by atoms with E-state index < -0.39 is 42.0 Å². The number of alkyl halides is 3. The fraction of sp³-hybridized carbons (Fsp3) is 0.667. The van der Waals surface area contributed by atoms with Crippen LogP contribution in [-0.2, 0) is 19.1 Å². The molecule has 0 amide bonds. The average molecular weight is 271 g/mol. The number of ketones is 1. The number of aliphatic carboxylic acids is 1. The fourth-order valence-corrected chi connectivity index (χ4v) is 0.986. The van der Waals surface area contributed by atoms with Gasteiger partial charge in [-0.3, -0.25) is 14.4 Å². The molecule has 0 saturated heterocycles. The number of carbonyl (C=O) groups excluding carboxylic acids is 2. The molecule has 3 N–H and O–H groups in total. The van der Waals surface area contributed by atoms with Crippen LogP contribution in [0.3, 0.4) is 0 Å². The number of nitrogens with two attached hydrogens (primary N) is 1. The van der Waals surface area contributed by atoms with E-state index in [9.17, 15) is 27.6 Å². The third-order valence-electron chi connectivity index (χ3n) is 1.86. The molecule has 1 unspecified atom stereocenters. The summed E-state index contributed by atoms with van der Waals surface area (Å²) in [5, 5.41) is 8.33. The first kappa shape index (κ1) is 16.4.